The van der Waals surface area contributed by atoms with Crippen molar-refractivity contribution in [1.82, 2.24) is 9.88 Å². The van der Waals surface area contributed by atoms with Crippen molar-refractivity contribution >= 4 is 28.3 Å². The van der Waals surface area contributed by atoms with Crippen LogP contribution in [0.2, 0.25) is 0 Å². The number of amides is 2. The average molecular weight is 440 g/mol. The maximum absolute atomic E-state index is 13.8. The summed E-state index contributed by atoms with van der Waals surface area (Å²) in [6.07, 6.45) is 1.08. The standard InChI is InChI=1S/C23H22FN3O3S/c1-30-18-8-6-15(7-9-18)16-10-11-27(13-16)21(28)12-17-14-31-23(25-17)26-22(29)19-4-2-3-5-20(19)24/h2-9,14,16H,10-13H2,1H3,(H,25,26,29). The molecule has 160 valence electrons. The number of ether oxygens (including phenoxy) is 1. The second kappa shape index (κ2) is 9.26. The number of carbonyl (C=O) groups is 2. The molecule has 4 rings (SSSR count). The largest absolute Gasteiger partial charge is 0.497 e. The molecule has 2 amide bonds. The fraction of sp³-hybridized carbons (Fsp3) is 0.261. The molecular weight excluding hydrogens is 417 g/mol. The number of anilines is 1. The van der Waals surface area contributed by atoms with E-state index in [1.54, 1.807) is 18.6 Å². The fourth-order valence-corrected chi connectivity index (χ4v) is 4.36. The zero-order chi connectivity index (χ0) is 21.8. The molecule has 1 fully saturated rings. The number of hydrogen-bond acceptors (Lipinski definition) is 5. The highest BCUT2D eigenvalue weighted by Gasteiger charge is 2.27. The SMILES string of the molecule is COc1ccc(C2CCN(C(=O)Cc3csc(NC(=O)c4ccccc4F)n3)C2)cc1. The first-order valence-electron chi connectivity index (χ1n) is 9.95. The highest BCUT2D eigenvalue weighted by Crippen LogP contribution is 2.29. The number of nitrogens with one attached hydrogen (secondary N) is 1. The van der Waals surface area contributed by atoms with Gasteiger partial charge in [-0.05, 0) is 36.2 Å². The molecule has 1 aliphatic heterocycles. The number of methoxy groups -OCH3 is 1. The number of hydrogen-bond donors (Lipinski definition) is 1. The van der Waals surface area contributed by atoms with Crippen LogP contribution in [-0.4, -0.2) is 41.9 Å². The normalized spacial score (nSPS) is 15.7. The third-order valence-corrected chi connectivity index (χ3v) is 6.16. The number of benzene rings is 2. The van der Waals surface area contributed by atoms with Gasteiger partial charge in [0, 0.05) is 24.4 Å². The first-order chi connectivity index (χ1) is 15.0. The van der Waals surface area contributed by atoms with Crippen molar-refractivity contribution in [3.63, 3.8) is 0 Å². The monoisotopic (exact) mass is 439 g/mol. The summed E-state index contributed by atoms with van der Waals surface area (Å²) in [5.74, 6) is -0.0232. The lowest BCUT2D eigenvalue weighted by molar-refractivity contribution is -0.129. The summed E-state index contributed by atoms with van der Waals surface area (Å²) in [7, 11) is 1.64. The Kier molecular flexibility index (Phi) is 6.27. The Labute approximate surface area is 183 Å². The summed E-state index contributed by atoms with van der Waals surface area (Å²) < 4.78 is 18.9. The zero-order valence-corrected chi connectivity index (χ0v) is 17.8. The van der Waals surface area contributed by atoms with Crippen LogP contribution in [0.25, 0.3) is 0 Å². The molecule has 2 aromatic carbocycles. The predicted molar refractivity (Wildman–Crippen MR) is 117 cm³/mol. The van der Waals surface area contributed by atoms with Crippen molar-refractivity contribution in [2.45, 2.75) is 18.8 Å². The van der Waals surface area contributed by atoms with E-state index in [9.17, 15) is 14.0 Å². The molecule has 1 N–H and O–H groups in total. The van der Waals surface area contributed by atoms with Gasteiger partial charge in [-0.1, -0.05) is 24.3 Å². The van der Waals surface area contributed by atoms with Gasteiger partial charge in [0.2, 0.25) is 5.91 Å². The molecule has 8 heteroatoms. The van der Waals surface area contributed by atoms with E-state index in [2.05, 4.69) is 10.3 Å². The summed E-state index contributed by atoms with van der Waals surface area (Å²) >= 11 is 1.22. The first kappa shape index (κ1) is 21.0. The van der Waals surface area contributed by atoms with Gasteiger partial charge < -0.3 is 9.64 Å². The summed E-state index contributed by atoms with van der Waals surface area (Å²) in [6, 6.07) is 13.7. The molecule has 3 aromatic rings. The summed E-state index contributed by atoms with van der Waals surface area (Å²) in [6.45, 7) is 1.38. The molecule has 0 saturated carbocycles. The van der Waals surface area contributed by atoms with E-state index >= 15 is 0 Å². The number of likely N-dealkylation sites (tertiary alicyclic amines) is 1. The molecule has 0 radical (unpaired) electrons. The Balaban J connectivity index is 1.33. The molecule has 0 spiro atoms. The number of carbonyl (C=O) groups excluding carboxylic acids is 2. The molecule has 6 nitrogen and oxygen atoms in total. The summed E-state index contributed by atoms with van der Waals surface area (Å²) in [5.41, 5.74) is 1.74. The Morgan fingerprint density at radius 2 is 2.00 bits per heavy atom. The molecule has 2 heterocycles. The fourth-order valence-electron chi connectivity index (χ4n) is 3.66. The van der Waals surface area contributed by atoms with Gasteiger partial charge >= 0.3 is 0 Å². The molecule has 1 aromatic heterocycles. The second-order valence-corrected chi connectivity index (χ2v) is 8.21. The van der Waals surface area contributed by atoms with E-state index in [1.807, 2.05) is 29.2 Å². The van der Waals surface area contributed by atoms with Gasteiger partial charge in [-0.25, -0.2) is 9.37 Å². The molecule has 1 atom stereocenters. The summed E-state index contributed by atoms with van der Waals surface area (Å²) in [4.78, 5) is 31.1. The van der Waals surface area contributed by atoms with Crippen molar-refractivity contribution in [3.05, 3.63) is 76.5 Å². The Morgan fingerprint density at radius 1 is 1.23 bits per heavy atom. The van der Waals surface area contributed by atoms with E-state index in [0.717, 1.165) is 12.2 Å². The van der Waals surface area contributed by atoms with E-state index in [1.165, 1.54) is 35.1 Å². The lowest BCUT2D eigenvalue weighted by atomic mass is 9.98. The molecule has 0 aliphatic carbocycles. The van der Waals surface area contributed by atoms with Gasteiger partial charge in [-0.3, -0.25) is 14.9 Å². The van der Waals surface area contributed by atoms with E-state index in [0.29, 0.717) is 29.8 Å². The van der Waals surface area contributed by atoms with Gasteiger partial charge in [0.25, 0.3) is 5.91 Å². The van der Waals surface area contributed by atoms with E-state index in [-0.39, 0.29) is 17.9 Å². The average Bonchev–Trinajstić information content (AvgIpc) is 3.44. The van der Waals surface area contributed by atoms with Gasteiger partial charge in [-0.2, -0.15) is 0 Å². The smallest absolute Gasteiger partial charge is 0.260 e. The third-order valence-electron chi connectivity index (χ3n) is 5.35. The van der Waals surface area contributed by atoms with E-state index < -0.39 is 11.7 Å². The Hall–Kier alpha value is -3.26. The van der Waals surface area contributed by atoms with Crippen molar-refractivity contribution < 1.29 is 18.7 Å². The van der Waals surface area contributed by atoms with Crippen LogP contribution in [0.3, 0.4) is 0 Å². The number of aromatic nitrogens is 1. The number of halogens is 1. The molecule has 1 unspecified atom stereocenters. The first-order valence-corrected chi connectivity index (χ1v) is 10.8. The molecule has 1 saturated heterocycles. The van der Waals surface area contributed by atoms with Crippen molar-refractivity contribution in [2.75, 3.05) is 25.5 Å². The van der Waals surface area contributed by atoms with Crippen molar-refractivity contribution in [3.8, 4) is 5.75 Å². The van der Waals surface area contributed by atoms with Gasteiger partial charge in [0.15, 0.2) is 5.13 Å². The minimum atomic E-state index is -0.590. The van der Waals surface area contributed by atoms with Crippen LogP contribution in [0.15, 0.2) is 53.9 Å². The maximum atomic E-state index is 13.8. The summed E-state index contributed by atoms with van der Waals surface area (Å²) in [5, 5.41) is 4.68. The van der Waals surface area contributed by atoms with Gasteiger partial charge in [0.1, 0.15) is 11.6 Å². The molecule has 1 aliphatic rings. The van der Waals surface area contributed by atoms with Crippen LogP contribution in [0.5, 0.6) is 5.75 Å². The molecule has 0 bridgehead atoms. The van der Waals surface area contributed by atoms with Gasteiger partial charge in [-0.15, -0.1) is 11.3 Å². The maximum Gasteiger partial charge on any atom is 0.260 e. The quantitative estimate of drug-likeness (QED) is 0.628. The van der Waals surface area contributed by atoms with Crippen LogP contribution in [-0.2, 0) is 11.2 Å². The topological polar surface area (TPSA) is 71.5 Å². The van der Waals surface area contributed by atoms with Crippen molar-refractivity contribution in [2.24, 2.45) is 0 Å². The second-order valence-electron chi connectivity index (χ2n) is 7.35. The highest BCUT2D eigenvalue weighted by atomic mass is 32.1. The van der Waals surface area contributed by atoms with Crippen LogP contribution in [0.4, 0.5) is 9.52 Å². The minimum absolute atomic E-state index is 0.00768. The lowest BCUT2D eigenvalue weighted by Gasteiger charge is -2.16. The minimum Gasteiger partial charge on any atom is -0.497 e. The number of nitrogens with zero attached hydrogens (tertiary/aromatic N) is 2. The molecule has 31 heavy (non-hydrogen) atoms. The zero-order valence-electron chi connectivity index (χ0n) is 17.0. The van der Waals surface area contributed by atoms with Crippen molar-refractivity contribution in [1.29, 1.82) is 0 Å². The van der Waals surface area contributed by atoms with Crippen LogP contribution in [0, 0.1) is 5.82 Å². The molecular formula is C23H22FN3O3S. The third kappa shape index (κ3) is 4.91. The lowest BCUT2D eigenvalue weighted by Crippen LogP contribution is -2.30. The highest BCUT2D eigenvalue weighted by molar-refractivity contribution is 7.14. The Bertz CT molecular complexity index is 1080. The number of rotatable bonds is 6. The Morgan fingerprint density at radius 3 is 2.74 bits per heavy atom. The van der Waals surface area contributed by atoms with Crippen LogP contribution in [0.1, 0.15) is 34.0 Å². The predicted octanol–water partition coefficient (Wildman–Crippen LogP) is 4.10. The van der Waals surface area contributed by atoms with E-state index in [4.69, 9.17) is 4.74 Å². The van der Waals surface area contributed by atoms with Crippen LogP contribution >= 0.6 is 11.3 Å². The number of thiazole rings is 1. The van der Waals surface area contributed by atoms with Gasteiger partial charge in [0.05, 0.1) is 24.8 Å². The van der Waals surface area contributed by atoms with Crippen LogP contribution < -0.4 is 10.1 Å².